The van der Waals surface area contributed by atoms with Crippen LogP contribution < -0.4 is 5.32 Å². The molecule has 0 aliphatic carbocycles. The van der Waals surface area contributed by atoms with Crippen LogP contribution in [0, 0.1) is 11.8 Å². The molecule has 1 rings (SSSR count). The highest BCUT2D eigenvalue weighted by atomic mass is 15.0. The summed E-state index contributed by atoms with van der Waals surface area (Å²) >= 11 is 0. The van der Waals surface area contributed by atoms with E-state index in [1.807, 2.05) is 12.3 Å². The molecule has 2 heteroatoms. The predicted molar refractivity (Wildman–Crippen MR) is 78.5 cm³/mol. The number of nitrogens with zero attached hydrogens (tertiary/aromatic N) is 1. The summed E-state index contributed by atoms with van der Waals surface area (Å²) in [5.74, 6) is 1.47. The fraction of sp³-hybridized carbons (Fsp3) is 0.688. The molecule has 0 aliphatic heterocycles. The molecule has 18 heavy (non-hydrogen) atoms. The molecule has 0 radical (unpaired) electrons. The van der Waals surface area contributed by atoms with Crippen molar-refractivity contribution >= 4 is 0 Å². The molecule has 0 saturated heterocycles. The standard InChI is InChI=1S/C16H28N2/c1-12(2)10-15(11-13(3)4)18-14(5)16-8-6-7-9-17-16/h6-9,12-15,18H,10-11H2,1-5H3/t14-/m0/s1. The van der Waals surface area contributed by atoms with Crippen molar-refractivity contribution in [3.63, 3.8) is 0 Å². The van der Waals surface area contributed by atoms with E-state index in [1.54, 1.807) is 0 Å². The summed E-state index contributed by atoms with van der Waals surface area (Å²) in [4.78, 5) is 4.43. The zero-order valence-electron chi connectivity index (χ0n) is 12.5. The average Bonchev–Trinajstić information content (AvgIpc) is 2.28. The van der Waals surface area contributed by atoms with Crippen LogP contribution in [0.15, 0.2) is 24.4 Å². The third kappa shape index (κ3) is 5.63. The Bertz CT molecular complexity index is 309. The highest BCUT2D eigenvalue weighted by Gasteiger charge is 2.16. The van der Waals surface area contributed by atoms with Gasteiger partial charge in [-0.05, 0) is 43.7 Å². The van der Waals surface area contributed by atoms with Crippen molar-refractivity contribution < 1.29 is 0 Å². The van der Waals surface area contributed by atoms with Gasteiger partial charge in [-0.1, -0.05) is 33.8 Å². The molecule has 1 N–H and O–H groups in total. The second-order valence-corrected chi connectivity index (χ2v) is 6.10. The Kier molecular flexibility index (Phi) is 6.34. The van der Waals surface area contributed by atoms with Gasteiger partial charge in [0.2, 0.25) is 0 Å². The van der Waals surface area contributed by atoms with Crippen molar-refractivity contribution in [3.8, 4) is 0 Å². The molecule has 102 valence electrons. The van der Waals surface area contributed by atoms with Crippen LogP contribution in [0.3, 0.4) is 0 Å². The first-order valence-corrected chi connectivity index (χ1v) is 7.16. The van der Waals surface area contributed by atoms with Gasteiger partial charge in [0.05, 0.1) is 5.69 Å². The third-order valence-electron chi connectivity index (χ3n) is 3.13. The molecule has 1 aromatic rings. The second-order valence-electron chi connectivity index (χ2n) is 6.10. The predicted octanol–water partition coefficient (Wildman–Crippen LogP) is 4.19. The van der Waals surface area contributed by atoms with Crippen LogP contribution in [-0.2, 0) is 0 Å². The molecule has 1 heterocycles. The molecule has 0 aromatic carbocycles. The smallest absolute Gasteiger partial charge is 0.0570 e. The lowest BCUT2D eigenvalue weighted by Gasteiger charge is -2.26. The fourth-order valence-corrected chi connectivity index (χ4v) is 2.44. The molecule has 0 fully saturated rings. The maximum atomic E-state index is 4.43. The van der Waals surface area contributed by atoms with Gasteiger partial charge in [0.15, 0.2) is 0 Å². The van der Waals surface area contributed by atoms with E-state index < -0.39 is 0 Å². The van der Waals surface area contributed by atoms with E-state index in [9.17, 15) is 0 Å². The van der Waals surface area contributed by atoms with E-state index in [-0.39, 0.29) is 0 Å². The molecule has 0 amide bonds. The lowest BCUT2D eigenvalue weighted by atomic mass is 9.95. The van der Waals surface area contributed by atoms with Crippen LogP contribution in [0.4, 0.5) is 0 Å². The Labute approximate surface area is 112 Å². The Hall–Kier alpha value is -0.890. The highest BCUT2D eigenvalue weighted by molar-refractivity contribution is 5.07. The van der Waals surface area contributed by atoms with Gasteiger partial charge in [0, 0.05) is 18.3 Å². The Morgan fingerprint density at radius 3 is 2.06 bits per heavy atom. The van der Waals surface area contributed by atoms with Crippen LogP contribution in [0.2, 0.25) is 0 Å². The maximum absolute atomic E-state index is 4.43. The summed E-state index contributed by atoms with van der Waals surface area (Å²) in [6.07, 6.45) is 4.33. The lowest BCUT2D eigenvalue weighted by molar-refractivity contribution is 0.333. The summed E-state index contributed by atoms with van der Waals surface area (Å²) in [5.41, 5.74) is 1.13. The van der Waals surface area contributed by atoms with Crippen LogP contribution >= 0.6 is 0 Å². The molecular formula is C16H28N2. The normalized spacial score (nSPS) is 13.6. The number of pyridine rings is 1. The lowest BCUT2D eigenvalue weighted by Crippen LogP contribution is -2.34. The summed E-state index contributed by atoms with van der Waals surface area (Å²) in [6.45, 7) is 11.4. The SMILES string of the molecule is CC(C)CC(CC(C)C)N[C@@H](C)c1ccccn1. The van der Waals surface area contributed by atoms with Gasteiger partial charge < -0.3 is 5.32 Å². The monoisotopic (exact) mass is 248 g/mol. The molecule has 1 aromatic heterocycles. The van der Waals surface area contributed by atoms with Crippen LogP contribution in [-0.4, -0.2) is 11.0 Å². The number of hydrogen-bond acceptors (Lipinski definition) is 2. The summed E-state index contributed by atoms with van der Waals surface area (Å²) in [5, 5.41) is 3.73. The molecule has 1 atom stereocenters. The minimum atomic E-state index is 0.327. The van der Waals surface area contributed by atoms with Gasteiger partial charge >= 0.3 is 0 Å². The topological polar surface area (TPSA) is 24.9 Å². The quantitative estimate of drug-likeness (QED) is 0.782. The van der Waals surface area contributed by atoms with Gasteiger partial charge in [-0.3, -0.25) is 4.98 Å². The van der Waals surface area contributed by atoms with Crippen molar-refractivity contribution in [2.75, 3.05) is 0 Å². The van der Waals surface area contributed by atoms with E-state index in [1.165, 1.54) is 12.8 Å². The first-order chi connectivity index (χ1) is 8.49. The van der Waals surface area contributed by atoms with Gasteiger partial charge in [-0.15, -0.1) is 0 Å². The fourth-order valence-electron chi connectivity index (χ4n) is 2.44. The zero-order chi connectivity index (χ0) is 13.5. The number of aromatic nitrogens is 1. The van der Waals surface area contributed by atoms with Crippen molar-refractivity contribution in [1.82, 2.24) is 10.3 Å². The van der Waals surface area contributed by atoms with Gasteiger partial charge in [-0.25, -0.2) is 0 Å². The van der Waals surface area contributed by atoms with E-state index in [0.29, 0.717) is 12.1 Å². The molecular weight excluding hydrogens is 220 g/mol. The minimum Gasteiger partial charge on any atom is -0.306 e. The van der Waals surface area contributed by atoms with E-state index in [2.05, 4.69) is 57.1 Å². The first-order valence-electron chi connectivity index (χ1n) is 7.16. The molecule has 0 spiro atoms. The zero-order valence-corrected chi connectivity index (χ0v) is 12.5. The third-order valence-corrected chi connectivity index (χ3v) is 3.13. The minimum absolute atomic E-state index is 0.327. The Morgan fingerprint density at radius 2 is 1.61 bits per heavy atom. The van der Waals surface area contributed by atoms with Gasteiger partial charge in [0.1, 0.15) is 0 Å². The summed E-state index contributed by atoms with van der Waals surface area (Å²) < 4.78 is 0. The van der Waals surface area contributed by atoms with E-state index in [0.717, 1.165) is 17.5 Å². The number of hydrogen-bond donors (Lipinski definition) is 1. The largest absolute Gasteiger partial charge is 0.306 e. The van der Waals surface area contributed by atoms with Crippen molar-refractivity contribution in [2.45, 2.75) is 59.5 Å². The van der Waals surface area contributed by atoms with E-state index >= 15 is 0 Å². The summed E-state index contributed by atoms with van der Waals surface area (Å²) in [6, 6.07) is 7.03. The summed E-state index contributed by atoms with van der Waals surface area (Å²) in [7, 11) is 0. The van der Waals surface area contributed by atoms with Gasteiger partial charge in [-0.2, -0.15) is 0 Å². The molecule has 0 saturated carbocycles. The van der Waals surface area contributed by atoms with E-state index in [4.69, 9.17) is 0 Å². The van der Waals surface area contributed by atoms with Crippen LogP contribution in [0.25, 0.3) is 0 Å². The highest BCUT2D eigenvalue weighted by Crippen LogP contribution is 2.17. The number of nitrogens with one attached hydrogen (secondary N) is 1. The first kappa shape index (κ1) is 15.2. The van der Waals surface area contributed by atoms with Crippen molar-refractivity contribution in [3.05, 3.63) is 30.1 Å². The van der Waals surface area contributed by atoms with Crippen molar-refractivity contribution in [2.24, 2.45) is 11.8 Å². The Balaban J connectivity index is 2.59. The second kappa shape index (κ2) is 7.52. The molecule has 2 nitrogen and oxygen atoms in total. The Morgan fingerprint density at radius 1 is 1.00 bits per heavy atom. The van der Waals surface area contributed by atoms with Crippen molar-refractivity contribution in [1.29, 1.82) is 0 Å². The number of rotatable bonds is 7. The van der Waals surface area contributed by atoms with Crippen LogP contribution in [0.5, 0.6) is 0 Å². The molecule has 0 bridgehead atoms. The molecule has 0 aliphatic rings. The average molecular weight is 248 g/mol. The maximum Gasteiger partial charge on any atom is 0.0570 e. The van der Waals surface area contributed by atoms with Crippen LogP contribution in [0.1, 0.15) is 59.2 Å². The van der Waals surface area contributed by atoms with Gasteiger partial charge in [0.25, 0.3) is 0 Å². The molecule has 0 unspecified atom stereocenters.